The number of ether oxygens (including phenoxy) is 1. The van der Waals surface area contributed by atoms with Crippen molar-refractivity contribution >= 4 is 11.3 Å². The van der Waals surface area contributed by atoms with Crippen LogP contribution >= 0.6 is 11.3 Å². The predicted molar refractivity (Wildman–Crippen MR) is 65.8 cm³/mol. The lowest BCUT2D eigenvalue weighted by molar-refractivity contribution is -0.0182. The van der Waals surface area contributed by atoms with E-state index in [1.54, 1.807) is 11.3 Å². The zero-order valence-electron chi connectivity index (χ0n) is 9.90. The van der Waals surface area contributed by atoms with Gasteiger partial charge in [-0.1, -0.05) is 0 Å². The molecule has 1 fully saturated rings. The molecule has 2 rings (SSSR count). The third kappa shape index (κ3) is 3.52. The van der Waals surface area contributed by atoms with Crippen molar-refractivity contribution in [3.63, 3.8) is 0 Å². The van der Waals surface area contributed by atoms with Crippen molar-refractivity contribution in [2.45, 2.75) is 19.6 Å². The summed E-state index contributed by atoms with van der Waals surface area (Å²) >= 11 is 1.70. The van der Waals surface area contributed by atoms with Crippen molar-refractivity contribution < 1.29 is 4.74 Å². The molecule has 0 bridgehead atoms. The number of aryl methyl sites for hydroxylation is 1. The molecule has 2 heterocycles. The van der Waals surface area contributed by atoms with Crippen LogP contribution in [0.4, 0.5) is 0 Å². The summed E-state index contributed by atoms with van der Waals surface area (Å²) in [6.07, 6.45) is 0.318. The minimum atomic E-state index is 0.318. The molecule has 1 saturated heterocycles. The summed E-state index contributed by atoms with van der Waals surface area (Å²) < 4.78 is 5.67. The van der Waals surface area contributed by atoms with Crippen molar-refractivity contribution in [3.8, 4) is 0 Å². The molecular weight excluding hydrogens is 222 g/mol. The fraction of sp³-hybridized carbons (Fsp3) is 0.727. The first-order chi connectivity index (χ1) is 7.74. The third-order valence-corrected chi connectivity index (χ3v) is 3.51. The number of thiazole rings is 1. The molecule has 5 heteroatoms. The molecule has 1 aliphatic rings. The summed E-state index contributed by atoms with van der Waals surface area (Å²) in [5.41, 5.74) is 1.13. The first kappa shape index (κ1) is 12.0. The minimum Gasteiger partial charge on any atom is -0.374 e. The Labute approximate surface area is 101 Å². The second kappa shape index (κ2) is 5.72. The van der Waals surface area contributed by atoms with E-state index < -0.39 is 0 Å². The van der Waals surface area contributed by atoms with Gasteiger partial charge in [0.15, 0.2) is 0 Å². The van der Waals surface area contributed by atoms with E-state index in [1.807, 2.05) is 6.92 Å². The van der Waals surface area contributed by atoms with Gasteiger partial charge in [-0.3, -0.25) is 0 Å². The summed E-state index contributed by atoms with van der Waals surface area (Å²) in [4.78, 5) is 6.72. The molecule has 0 aromatic carbocycles. The number of aromatic nitrogens is 1. The van der Waals surface area contributed by atoms with E-state index in [2.05, 4.69) is 27.6 Å². The minimum absolute atomic E-state index is 0.318. The van der Waals surface area contributed by atoms with E-state index in [0.717, 1.165) is 43.5 Å². The van der Waals surface area contributed by atoms with Crippen molar-refractivity contribution in [2.24, 2.45) is 0 Å². The molecule has 1 aromatic heterocycles. The smallest absolute Gasteiger partial charge is 0.0897 e. The zero-order valence-corrected chi connectivity index (χ0v) is 10.7. The van der Waals surface area contributed by atoms with Crippen LogP contribution in [0.5, 0.6) is 0 Å². The maximum Gasteiger partial charge on any atom is 0.0897 e. The first-order valence-corrected chi connectivity index (χ1v) is 6.54. The number of rotatable bonds is 4. The molecule has 1 aromatic rings. The van der Waals surface area contributed by atoms with Gasteiger partial charge in [0.2, 0.25) is 0 Å². The normalized spacial score (nSPS) is 22.5. The van der Waals surface area contributed by atoms with E-state index in [4.69, 9.17) is 4.74 Å². The van der Waals surface area contributed by atoms with Crippen LogP contribution in [-0.4, -0.2) is 49.3 Å². The van der Waals surface area contributed by atoms with Gasteiger partial charge in [-0.2, -0.15) is 0 Å². The lowest BCUT2D eigenvalue weighted by Gasteiger charge is -2.30. The number of likely N-dealkylation sites (N-methyl/N-ethyl adjacent to an activating group) is 1. The molecule has 1 N–H and O–H groups in total. The molecule has 1 aliphatic heterocycles. The Bertz CT molecular complexity index is 329. The van der Waals surface area contributed by atoms with E-state index in [1.165, 1.54) is 0 Å². The Morgan fingerprint density at radius 1 is 1.69 bits per heavy atom. The molecule has 0 spiro atoms. The number of morpholine rings is 1. The number of nitrogens with one attached hydrogen (secondary N) is 1. The van der Waals surface area contributed by atoms with Crippen molar-refractivity contribution in [1.82, 2.24) is 15.2 Å². The van der Waals surface area contributed by atoms with E-state index in [0.29, 0.717) is 6.10 Å². The quantitative estimate of drug-likeness (QED) is 0.849. The van der Waals surface area contributed by atoms with E-state index in [-0.39, 0.29) is 0 Å². The average molecular weight is 241 g/mol. The Hall–Kier alpha value is -0.490. The Kier molecular flexibility index (Phi) is 4.29. The summed E-state index contributed by atoms with van der Waals surface area (Å²) in [5, 5.41) is 6.64. The zero-order chi connectivity index (χ0) is 11.4. The van der Waals surface area contributed by atoms with Gasteiger partial charge in [-0.25, -0.2) is 4.98 Å². The van der Waals surface area contributed by atoms with Crippen molar-refractivity contribution in [3.05, 3.63) is 16.1 Å². The number of nitrogens with zero attached hydrogens (tertiary/aromatic N) is 2. The van der Waals surface area contributed by atoms with Crippen LogP contribution in [0.25, 0.3) is 0 Å². The highest BCUT2D eigenvalue weighted by Crippen LogP contribution is 2.07. The number of hydrogen-bond donors (Lipinski definition) is 1. The van der Waals surface area contributed by atoms with Crippen LogP contribution in [0.2, 0.25) is 0 Å². The lowest BCUT2D eigenvalue weighted by Crippen LogP contribution is -2.44. The highest BCUT2D eigenvalue weighted by Gasteiger charge is 2.16. The molecule has 0 aliphatic carbocycles. The van der Waals surface area contributed by atoms with Crippen LogP contribution in [0, 0.1) is 6.92 Å². The summed E-state index contributed by atoms with van der Waals surface area (Å²) in [6, 6.07) is 0. The summed E-state index contributed by atoms with van der Waals surface area (Å²) in [7, 11) is 2.14. The van der Waals surface area contributed by atoms with Crippen LogP contribution in [0.3, 0.4) is 0 Å². The molecule has 4 nitrogen and oxygen atoms in total. The molecule has 90 valence electrons. The van der Waals surface area contributed by atoms with Crippen LogP contribution in [-0.2, 0) is 11.3 Å². The molecule has 1 unspecified atom stereocenters. The van der Waals surface area contributed by atoms with Gasteiger partial charge in [0.25, 0.3) is 0 Å². The molecule has 16 heavy (non-hydrogen) atoms. The van der Waals surface area contributed by atoms with Gasteiger partial charge in [-0.15, -0.1) is 11.3 Å². The Morgan fingerprint density at radius 2 is 2.56 bits per heavy atom. The molecule has 0 amide bonds. The van der Waals surface area contributed by atoms with E-state index >= 15 is 0 Å². The molecular formula is C11H19N3OS. The van der Waals surface area contributed by atoms with Gasteiger partial charge in [-0.05, 0) is 14.0 Å². The second-order valence-electron chi connectivity index (χ2n) is 4.24. The van der Waals surface area contributed by atoms with Gasteiger partial charge in [0.05, 0.1) is 23.4 Å². The standard InChI is InChI=1S/C11H19N3OS/c1-9-13-10(8-16-9)5-12-6-11-7-14(2)3-4-15-11/h8,11-12H,3-7H2,1-2H3. The highest BCUT2D eigenvalue weighted by atomic mass is 32.1. The monoisotopic (exact) mass is 241 g/mol. The van der Waals surface area contributed by atoms with E-state index in [9.17, 15) is 0 Å². The van der Waals surface area contributed by atoms with Crippen molar-refractivity contribution in [2.75, 3.05) is 33.3 Å². The maximum absolute atomic E-state index is 5.67. The average Bonchev–Trinajstić information content (AvgIpc) is 2.64. The van der Waals surface area contributed by atoms with Gasteiger partial charge < -0.3 is 15.0 Å². The second-order valence-corrected chi connectivity index (χ2v) is 5.31. The van der Waals surface area contributed by atoms with Crippen LogP contribution in [0.1, 0.15) is 10.7 Å². The van der Waals surface area contributed by atoms with Gasteiger partial charge in [0.1, 0.15) is 0 Å². The van der Waals surface area contributed by atoms with Crippen LogP contribution < -0.4 is 5.32 Å². The third-order valence-electron chi connectivity index (χ3n) is 2.69. The molecule has 0 saturated carbocycles. The van der Waals surface area contributed by atoms with Gasteiger partial charge >= 0.3 is 0 Å². The van der Waals surface area contributed by atoms with Gasteiger partial charge in [0, 0.05) is 31.6 Å². The first-order valence-electron chi connectivity index (χ1n) is 5.66. The maximum atomic E-state index is 5.67. The topological polar surface area (TPSA) is 37.4 Å². The molecule has 1 atom stereocenters. The largest absolute Gasteiger partial charge is 0.374 e. The SMILES string of the molecule is Cc1nc(CNCC2CN(C)CCO2)cs1. The summed E-state index contributed by atoms with van der Waals surface area (Å²) in [5.74, 6) is 0. The fourth-order valence-electron chi connectivity index (χ4n) is 1.84. The van der Waals surface area contributed by atoms with Crippen LogP contribution in [0.15, 0.2) is 5.38 Å². The highest BCUT2D eigenvalue weighted by molar-refractivity contribution is 7.09. The summed E-state index contributed by atoms with van der Waals surface area (Å²) in [6.45, 7) is 6.69. The lowest BCUT2D eigenvalue weighted by atomic mass is 10.3. The Morgan fingerprint density at radius 3 is 3.25 bits per heavy atom. The predicted octanol–water partition coefficient (Wildman–Crippen LogP) is 0.872. The van der Waals surface area contributed by atoms with Crippen molar-refractivity contribution in [1.29, 1.82) is 0 Å². The fourth-order valence-corrected chi connectivity index (χ4v) is 2.45. The molecule has 0 radical (unpaired) electrons. The Balaban J connectivity index is 1.67. The number of hydrogen-bond acceptors (Lipinski definition) is 5.